The predicted molar refractivity (Wildman–Crippen MR) is 85.6 cm³/mol. The zero-order chi connectivity index (χ0) is 16.1. The van der Waals surface area contributed by atoms with Gasteiger partial charge in [0.2, 0.25) is 0 Å². The second-order valence-electron chi connectivity index (χ2n) is 5.62. The lowest BCUT2D eigenvalue weighted by atomic mass is 10.1. The number of carbonyl (C=O) groups excluding carboxylic acids is 1. The van der Waals surface area contributed by atoms with Crippen molar-refractivity contribution in [3.8, 4) is 0 Å². The van der Waals surface area contributed by atoms with E-state index in [0.29, 0.717) is 18.7 Å². The van der Waals surface area contributed by atoms with Crippen molar-refractivity contribution in [2.75, 3.05) is 13.2 Å². The van der Waals surface area contributed by atoms with Crippen LogP contribution in [-0.2, 0) is 6.54 Å². The van der Waals surface area contributed by atoms with Crippen LogP contribution in [0.25, 0.3) is 0 Å². The van der Waals surface area contributed by atoms with Gasteiger partial charge in [0, 0.05) is 24.8 Å². The summed E-state index contributed by atoms with van der Waals surface area (Å²) in [6, 6.07) is 9.99. The monoisotopic (exact) mass is 301 g/mol. The SMILES string of the molecule is Cc1c(C(=O)N(CCO)Cc2ccccc2)cnn1C(C)C. The molecule has 0 radical (unpaired) electrons. The number of rotatable bonds is 6. The minimum absolute atomic E-state index is 0.0596. The van der Waals surface area contributed by atoms with Crippen LogP contribution < -0.4 is 0 Å². The molecule has 22 heavy (non-hydrogen) atoms. The highest BCUT2D eigenvalue weighted by Crippen LogP contribution is 2.16. The molecule has 0 fully saturated rings. The maximum Gasteiger partial charge on any atom is 0.257 e. The number of hydrogen-bond acceptors (Lipinski definition) is 3. The fraction of sp³-hybridized carbons (Fsp3) is 0.412. The summed E-state index contributed by atoms with van der Waals surface area (Å²) in [4.78, 5) is 14.4. The molecule has 0 bridgehead atoms. The molecule has 1 aromatic heterocycles. The Hall–Kier alpha value is -2.14. The Morgan fingerprint density at radius 2 is 2.00 bits per heavy atom. The van der Waals surface area contributed by atoms with Crippen molar-refractivity contribution >= 4 is 5.91 Å². The third-order valence-electron chi connectivity index (χ3n) is 3.64. The van der Waals surface area contributed by atoms with Gasteiger partial charge in [0.05, 0.1) is 18.4 Å². The second-order valence-corrected chi connectivity index (χ2v) is 5.62. The zero-order valence-corrected chi connectivity index (χ0v) is 13.4. The van der Waals surface area contributed by atoms with E-state index >= 15 is 0 Å². The van der Waals surface area contributed by atoms with Crippen molar-refractivity contribution in [2.24, 2.45) is 0 Å². The fourth-order valence-electron chi connectivity index (χ4n) is 2.50. The van der Waals surface area contributed by atoms with Crippen molar-refractivity contribution in [3.05, 3.63) is 53.3 Å². The summed E-state index contributed by atoms with van der Waals surface area (Å²) in [6.07, 6.45) is 1.62. The van der Waals surface area contributed by atoms with Crippen molar-refractivity contribution in [3.63, 3.8) is 0 Å². The van der Waals surface area contributed by atoms with Gasteiger partial charge in [-0.3, -0.25) is 9.48 Å². The Morgan fingerprint density at radius 3 is 2.55 bits per heavy atom. The number of aliphatic hydroxyl groups is 1. The molecule has 0 unspecified atom stereocenters. The van der Waals surface area contributed by atoms with E-state index in [1.807, 2.05) is 55.8 Å². The van der Waals surface area contributed by atoms with Crippen LogP contribution in [0.2, 0.25) is 0 Å². The molecule has 0 aliphatic rings. The summed E-state index contributed by atoms with van der Waals surface area (Å²) in [7, 11) is 0. The Kier molecular flexibility index (Phi) is 5.33. The molecule has 0 aliphatic carbocycles. The van der Waals surface area contributed by atoms with Crippen molar-refractivity contribution < 1.29 is 9.90 Å². The predicted octanol–water partition coefficient (Wildman–Crippen LogP) is 2.41. The highest BCUT2D eigenvalue weighted by Gasteiger charge is 2.21. The highest BCUT2D eigenvalue weighted by atomic mass is 16.3. The van der Waals surface area contributed by atoms with Gasteiger partial charge in [-0.05, 0) is 26.3 Å². The second kappa shape index (κ2) is 7.22. The highest BCUT2D eigenvalue weighted by molar-refractivity contribution is 5.95. The van der Waals surface area contributed by atoms with Gasteiger partial charge in [0.1, 0.15) is 0 Å². The van der Waals surface area contributed by atoms with Crippen LogP contribution in [0.1, 0.15) is 41.5 Å². The number of aromatic nitrogens is 2. The largest absolute Gasteiger partial charge is 0.395 e. The van der Waals surface area contributed by atoms with E-state index < -0.39 is 0 Å². The van der Waals surface area contributed by atoms with E-state index in [4.69, 9.17) is 0 Å². The summed E-state index contributed by atoms with van der Waals surface area (Å²) < 4.78 is 1.84. The fourth-order valence-corrected chi connectivity index (χ4v) is 2.50. The molecule has 0 aliphatic heterocycles. The molecule has 1 aromatic carbocycles. The maximum atomic E-state index is 12.8. The molecular weight excluding hydrogens is 278 g/mol. The van der Waals surface area contributed by atoms with Gasteiger partial charge >= 0.3 is 0 Å². The van der Waals surface area contributed by atoms with Gasteiger partial charge in [-0.15, -0.1) is 0 Å². The molecule has 0 saturated heterocycles. The van der Waals surface area contributed by atoms with E-state index in [1.165, 1.54) is 0 Å². The first-order chi connectivity index (χ1) is 10.5. The first-order valence-electron chi connectivity index (χ1n) is 7.52. The summed E-state index contributed by atoms with van der Waals surface area (Å²) >= 11 is 0. The molecule has 0 spiro atoms. The van der Waals surface area contributed by atoms with E-state index in [2.05, 4.69) is 5.10 Å². The lowest BCUT2D eigenvalue weighted by Gasteiger charge is -2.22. The summed E-state index contributed by atoms with van der Waals surface area (Å²) in [5, 5.41) is 13.6. The summed E-state index contributed by atoms with van der Waals surface area (Å²) in [6.45, 7) is 6.69. The van der Waals surface area contributed by atoms with Crippen LogP contribution in [0.15, 0.2) is 36.5 Å². The first kappa shape index (κ1) is 16.2. The van der Waals surface area contributed by atoms with Crippen LogP contribution in [-0.4, -0.2) is 38.8 Å². The molecule has 1 amide bonds. The normalized spacial score (nSPS) is 11.0. The first-order valence-corrected chi connectivity index (χ1v) is 7.52. The Labute approximate surface area is 131 Å². The van der Waals surface area contributed by atoms with E-state index in [9.17, 15) is 9.90 Å². The van der Waals surface area contributed by atoms with Crippen LogP contribution in [0.4, 0.5) is 0 Å². The lowest BCUT2D eigenvalue weighted by Crippen LogP contribution is -2.33. The quantitative estimate of drug-likeness (QED) is 0.891. The number of aliphatic hydroxyl groups excluding tert-OH is 1. The van der Waals surface area contributed by atoms with Crippen LogP contribution >= 0.6 is 0 Å². The Morgan fingerprint density at radius 1 is 1.32 bits per heavy atom. The molecule has 1 N–H and O–H groups in total. The molecule has 118 valence electrons. The van der Waals surface area contributed by atoms with E-state index in [-0.39, 0.29) is 18.6 Å². The number of benzene rings is 1. The van der Waals surface area contributed by atoms with Crippen LogP contribution in [0.5, 0.6) is 0 Å². The minimum atomic E-state index is -0.0951. The van der Waals surface area contributed by atoms with Crippen LogP contribution in [0, 0.1) is 6.92 Å². The number of nitrogens with zero attached hydrogens (tertiary/aromatic N) is 3. The number of hydrogen-bond donors (Lipinski definition) is 1. The number of amides is 1. The van der Waals surface area contributed by atoms with Crippen LogP contribution in [0.3, 0.4) is 0 Å². The van der Waals surface area contributed by atoms with Gasteiger partial charge < -0.3 is 10.0 Å². The van der Waals surface area contributed by atoms with Gasteiger partial charge in [-0.25, -0.2) is 0 Å². The molecule has 1 heterocycles. The molecule has 5 nitrogen and oxygen atoms in total. The van der Waals surface area contributed by atoms with Crippen molar-refractivity contribution in [2.45, 2.75) is 33.4 Å². The average Bonchev–Trinajstić information content (AvgIpc) is 2.89. The molecule has 2 aromatic rings. The van der Waals surface area contributed by atoms with Gasteiger partial charge in [0.15, 0.2) is 0 Å². The summed E-state index contributed by atoms with van der Waals surface area (Å²) in [5.74, 6) is -0.0951. The topological polar surface area (TPSA) is 58.4 Å². The average molecular weight is 301 g/mol. The molecule has 0 saturated carbocycles. The van der Waals surface area contributed by atoms with Gasteiger partial charge in [-0.2, -0.15) is 5.10 Å². The van der Waals surface area contributed by atoms with Crippen molar-refractivity contribution in [1.82, 2.24) is 14.7 Å². The third-order valence-corrected chi connectivity index (χ3v) is 3.64. The summed E-state index contributed by atoms with van der Waals surface area (Å²) in [5.41, 5.74) is 2.49. The minimum Gasteiger partial charge on any atom is -0.395 e. The van der Waals surface area contributed by atoms with E-state index in [1.54, 1.807) is 11.1 Å². The smallest absolute Gasteiger partial charge is 0.257 e. The number of carbonyl (C=O) groups is 1. The standard InChI is InChI=1S/C17H23N3O2/c1-13(2)20-14(3)16(11-18-20)17(22)19(9-10-21)12-15-7-5-4-6-8-15/h4-8,11,13,21H,9-10,12H2,1-3H3. The molecule has 5 heteroatoms. The zero-order valence-electron chi connectivity index (χ0n) is 13.4. The molecule has 0 atom stereocenters. The molecule has 2 rings (SSSR count). The lowest BCUT2D eigenvalue weighted by molar-refractivity contribution is 0.0707. The van der Waals surface area contributed by atoms with Crippen molar-refractivity contribution in [1.29, 1.82) is 0 Å². The van der Waals surface area contributed by atoms with Gasteiger partial charge in [0.25, 0.3) is 5.91 Å². The third kappa shape index (κ3) is 3.54. The Bertz CT molecular complexity index is 620. The van der Waals surface area contributed by atoms with Gasteiger partial charge in [-0.1, -0.05) is 30.3 Å². The van der Waals surface area contributed by atoms with E-state index in [0.717, 1.165) is 11.3 Å². The Balaban J connectivity index is 2.23. The maximum absolute atomic E-state index is 12.8. The molecular formula is C17H23N3O2.